The first-order valence-corrected chi connectivity index (χ1v) is 5.40. The number of phenolic OH excluding ortho intramolecular Hbond substituents is 1. The van der Waals surface area contributed by atoms with Crippen molar-refractivity contribution in [2.75, 3.05) is 12.4 Å². The van der Waals surface area contributed by atoms with Gasteiger partial charge in [-0.1, -0.05) is 6.07 Å². The molecule has 2 N–H and O–H groups in total. The zero-order valence-electron chi connectivity index (χ0n) is 9.85. The highest BCUT2D eigenvalue weighted by atomic mass is 19.1. The summed E-state index contributed by atoms with van der Waals surface area (Å²) in [6.45, 7) is 0.505. The van der Waals surface area contributed by atoms with Crippen molar-refractivity contribution in [2.45, 2.75) is 6.54 Å². The molecule has 4 nitrogen and oxygen atoms in total. The van der Waals surface area contributed by atoms with Crippen molar-refractivity contribution < 1.29 is 14.2 Å². The SMILES string of the molecule is COc1ccc(CNc2ccc(F)nc2)cc1O. The summed E-state index contributed by atoms with van der Waals surface area (Å²) in [7, 11) is 1.50. The van der Waals surface area contributed by atoms with Gasteiger partial charge in [0.05, 0.1) is 19.0 Å². The average Bonchev–Trinajstić information content (AvgIpc) is 2.38. The van der Waals surface area contributed by atoms with Gasteiger partial charge in [0.25, 0.3) is 0 Å². The summed E-state index contributed by atoms with van der Waals surface area (Å²) in [5.74, 6) is 0.0128. The molecule has 0 radical (unpaired) electrons. The van der Waals surface area contributed by atoms with Gasteiger partial charge in [0.15, 0.2) is 11.5 Å². The second kappa shape index (κ2) is 5.35. The van der Waals surface area contributed by atoms with E-state index in [0.717, 1.165) is 5.56 Å². The summed E-state index contributed by atoms with van der Waals surface area (Å²) in [6.07, 6.45) is 1.42. The molecule has 18 heavy (non-hydrogen) atoms. The van der Waals surface area contributed by atoms with E-state index < -0.39 is 5.95 Å². The van der Waals surface area contributed by atoms with Gasteiger partial charge in [0, 0.05) is 6.54 Å². The summed E-state index contributed by atoms with van der Waals surface area (Å²) in [4.78, 5) is 3.54. The van der Waals surface area contributed by atoms with Crippen molar-refractivity contribution >= 4 is 5.69 Å². The third kappa shape index (κ3) is 2.88. The molecule has 5 heteroatoms. The lowest BCUT2D eigenvalue weighted by molar-refractivity contribution is 0.373. The number of aromatic hydroxyl groups is 1. The van der Waals surface area contributed by atoms with E-state index in [2.05, 4.69) is 10.3 Å². The molecule has 94 valence electrons. The van der Waals surface area contributed by atoms with Crippen LogP contribution in [0, 0.1) is 5.95 Å². The van der Waals surface area contributed by atoms with Crippen molar-refractivity contribution in [1.82, 2.24) is 4.98 Å². The number of halogens is 1. The van der Waals surface area contributed by atoms with Gasteiger partial charge in [-0.05, 0) is 29.8 Å². The molecule has 2 aromatic rings. The molecular formula is C13H13FN2O2. The fraction of sp³-hybridized carbons (Fsp3) is 0.154. The Morgan fingerprint density at radius 3 is 2.78 bits per heavy atom. The van der Waals surface area contributed by atoms with Crippen LogP contribution in [-0.2, 0) is 6.54 Å². The quantitative estimate of drug-likeness (QED) is 0.816. The van der Waals surface area contributed by atoms with E-state index in [0.29, 0.717) is 18.0 Å². The molecule has 0 aliphatic carbocycles. The van der Waals surface area contributed by atoms with Gasteiger partial charge in [0.1, 0.15) is 0 Å². The van der Waals surface area contributed by atoms with Crippen LogP contribution in [0.3, 0.4) is 0 Å². The number of nitrogens with one attached hydrogen (secondary N) is 1. The number of anilines is 1. The van der Waals surface area contributed by atoms with Crippen LogP contribution in [-0.4, -0.2) is 17.2 Å². The lowest BCUT2D eigenvalue weighted by Crippen LogP contribution is -2.00. The summed E-state index contributed by atoms with van der Waals surface area (Å²) in [5.41, 5.74) is 1.60. The summed E-state index contributed by atoms with van der Waals surface area (Å²) in [6, 6.07) is 8.03. The minimum absolute atomic E-state index is 0.0917. The van der Waals surface area contributed by atoms with Gasteiger partial charge in [-0.3, -0.25) is 0 Å². The van der Waals surface area contributed by atoms with Crippen LogP contribution in [0.2, 0.25) is 0 Å². The fourth-order valence-electron chi connectivity index (χ4n) is 1.53. The Labute approximate surface area is 104 Å². The van der Waals surface area contributed by atoms with E-state index in [1.807, 2.05) is 6.07 Å². The lowest BCUT2D eigenvalue weighted by atomic mass is 10.2. The normalized spacial score (nSPS) is 10.1. The third-order valence-corrected chi connectivity index (χ3v) is 2.47. The predicted octanol–water partition coefficient (Wildman–Crippen LogP) is 2.55. The van der Waals surface area contributed by atoms with Gasteiger partial charge in [-0.2, -0.15) is 4.39 Å². The molecule has 0 aliphatic rings. The molecule has 0 saturated carbocycles. The highest BCUT2D eigenvalue weighted by Gasteiger charge is 2.02. The van der Waals surface area contributed by atoms with E-state index >= 15 is 0 Å². The van der Waals surface area contributed by atoms with Crippen molar-refractivity contribution in [2.24, 2.45) is 0 Å². The maximum absolute atomic E-state index is 12.6. The molecule has 0 bridgehead atoms. The molecule has 0 saturated heterocycles. The minimum Gasteiger partial charge on any atom is -0.504 e. The maximum Gasteiger partial charge on any atom is 0.212 e. The Bertz CT molecular complexity index is 529. The second-order valence-corrected chi connectivity index (χ2v) is 3.73. The molecule has 0 atom stereocenters. The van der Waals surface area contributed by atoms with Gasteiger partial charge in [0.2, 0.25) is 5.95 Å². The Morgan fingerprint density at radius 1 is 1.33 bits per heavy atom. The number of benzene rings is 1. The number of hydrogen-bond donors (Lipinski definition) is 2. The number of pyridine rings is 1. The lowest BCUT2D eigenvalue weighted by Gasteiger charge is -2.08. The highest BCUT2D eigenvalue weighted by Crippen LogP contribution is 2.26. The molecule has 2 rings (SSSR count). The van der Waals surface area contributed by atoms with Crippen molar-refractivity contribution in [3.05, 3.63) is 48.0 Å². The zero-order chi connectivity index (χ0) is 13.0. The van der Waals surface area contributed by atoms with Gasteiger partial charge in [-0.15, -0.1) is 0 Å². The second-order valence-electron chi connectivity index (χ2n) is 3.73. The van der Waals surface area contributed by atoms with E-state index in [-0.39, 0.29) is 5.75 Å². The number of hydrogen-bond acceptors (Lipinski definition) is 4. The molecule has 1 aromatic carbocycles. The third-order valence-electron chi connectivity index (χ3n) is 2.47. The van der Waals surface area contributed by atoms with Crippen molar-refractivity contribution in [3.8, 4) is 11.5 Å². The Morgan fingerprint density at radius 2 is 2.17 bits per heavy atom. The monoisotopic (exact) mass is 248 g/mol. The molecule has 1 heterocycles. The molecule has 1 aromatic heterocycles. The largest absolute Gasteiger partial charge is 0.504 e. The van der Waals surface area contributed by atoms with Crippen LogP contribution in [0.15, 0.2) is 36.5 Å². The van der Waals surface area contributed by atoms with Gasteiger partial charge < -0.3 is 15.2 Å². The Balaban J connectivity index is 2.02. The van der Waals surface area contributed by atoms with Gasteiger partial charge in [-0.25, -0.2) is 4.98 Å². The Hall–Kier alpha value is -2.30. The van der Waals surface area contributed by atoms with E-state index in [1.54, 1.807) is 18.2 Å². The van der Waals surface area contributed by atoms with Crippen molar-refractivity contribution in [3.63, 3.8) is 0 Å². The first kappa shape index (κ1) is 12.2. The predicted molar refractivity (Wildman–Crippen MR) is 66.2 cm³/mol. The molecule has 0 fully saturated rings. The smallest absolute Gasteiger partial charge is 0.212 e. The van der Waals surface area contributed by atoms with Gasteiger partial charge >= 0.3 is 0 Å². The van der Waals surface area contributed by atoms with Crippen LogP contribution >= 0.6 is 0 Å². The van der Waals surface area contributed by atoms with E-state index in [1.165, 1.54) is 19.4 Å². The number of methoxy groups -OCH3 is 1. The zero-order valence-corrected chi connectivity index (χ0v) is 9.85. The first-order chi connectivity index (χ1) is 8.69. The van der Waals surface area contributed by atoms with Crippen LogP contribution in [0.1, 0.15) is 5.56 Å². The number of aromatic nitrogens is 1. The molecule has 0 amide bonds. The molecule has 0 spiro atoms. The van der Waals surface area contributed by atoms with E-state index in [4.69, 9.17) is 4.74 Å². The average molecular weight is 248 g/mol. The van der Waals surface area contributed by atoms with Crippen molar-refractivity contribution in [1.29, 1.82) is 0 Å². The summed E-state index contributed by atoms with van der Waals surface area (Å²) >= 11 is 0. The molecular weight excluding hydrogens is 235 g/mol. The molecule has 0 unspecified atom stereocenters. The standard InChI is InChI=1S/C13H13FN2O2/c1-18-12-4-2-9(6-11(12)17)7-15-10-3-5-13(14)16-8-10/h2-6,8,15,17H,7H2,1H3. The number of ether oxygens (including phenoxy) is 1. The fourth-order valence-corrected chi connectivity index (χ4v) is 1.53. The topological polar surface area (TPSA) is 54.4 Å². The summed E-state index contributed by atoms with van der Waals surface area (Å²) in [5, 5.41) is 12.7. The van der Waals surface area contributed by atoms with Crippen LogP contribution in [0.4, 0.5) is 10.1 Å². The number of rotatable bonds is 4. The molecule has 0 aliphatic heterocycles. The maximum atomic E-state index is 12.6. The Kier molecular flexibility index (Phi) is 3.62. The van der Waals surface area contributed by atoms with E-state index in [9.17, 15) is 9.50 Å². The highest BCUT2D eigenvalue weighted by molar-refractivity contribution is 5.45. The van der Waals surface area contributed by atoms with Crippen LogP contribution < -0.4 is 10.1 Å². The van der Waals surface area contributed by atoms with Crippen LogP contribution in [0.25, 0.3) is 0 Å². The number of nitrogens with zero attached hydrogens (tertiary/aromatic N) is 1. The van der Waals surface area contributed by atoms with Crippen LogP contribution in [0.5, 0.6) is 11.5 Å². The minimum atomic E-state index is -0.511. The number of phenols is 1. The first-order valence-electron chi connectivity index (χ1n) is 5.40. The summed E-state index contributed by atoms with van der Waals surface area (Å²) < 4.78 is 17.6.